The molecule has 0 aliphatic carbocycles. The first-order valence-electron chi connectivity index (χ1n) is 5.49. The van der Waals surface area contributed by atoms with Crippen molar-refractivity contribution < 1.29 is 4.74 Å². The third-order valence-corrected chi connectivity index (χ3v) is 2.88. The third kappa shape index (κ3) is 3.65. The largest absolute Gasteiger partial charge is 0.379 e. The van der Waals surface area contributed by atoms with E-state index in [9.17, 15) is 0 Å². The molecule has 2 unspecified atom stereocenters. The normalized spacial score (nSPS) is 30.7. The molecule has 1 N–H and O–H groups in total. The first-order valence-corrected chi connectivity index (χ1v) is 5.49. The Bertz CT molecular complexity index is 141. The SMILES string of the molecule is CCCC(C)CNC1(C)CCOC1. The molecule has 0 spiro atoms. The van der Waals surface area contributed by atoms with Crippen molar-refractivity contribution in [3.63, 3.8) is 0 Å². The van der Waals surface area contributed by atoms with E-state index in [1.165, 1.54) is 12.8 Å². The molecular formula is C11H23NO. The molecule has 0 aromatic carbocycles. The molecule has 0 amide bonds. The molecule has 2 nitrogen and oxygen atoms in total. The smallest absolute Gasteiger partial charge is 0.0646 e. The minimum Gasteiger partial charge on any atom is -0.379 e. The van der Waals surface area contributed by atoms with E-state index in [-0.39, 0.29) is 5.54 Å². The average molecular weight is 185 g/mol. The summed E-state index contributed by atoms with van der Waals surface area (Å²) in [6, 6.07) is 0. The molecule has 1 rings (SSSR count). The van der Waals surface area contributed by atoms with Crippen molar-refractivity contribution in [2.75, 3.05) is 19.8 Å². The highest BCUT2D eigenvalue weighted by atomic mass is 16.5. The van der Waals surface area contributed by atoms with Crippen LogP contribution in [0.3, 0.4) is 0 Å². The summed E-state index contributed by atoms with van der Waals surface area (Å²) in [5.74, 6) is 0.794. The monoisotopic (exact) mass is 185 g/mol. The van der Waals surface area contributed by atoms with Crippen LogP contribution in [0, 0.1) is 5.92 Å². The second-order valence-electron chi connectivity index (χ2n) is 4.64. The lowest BCUT2D eigenvalue weighted by Crippen LogP contribution is -2.44. The fourth-order valence-electron chi connectivity index (χ4n) is 1.82. The highest BCUT2D eigenvalue weighted by Gasteiger charge is 2.28. The van der Waals surface area contributed by atoms with Crippen LogP contribution in [-0.4, -0.2) is 25.3 Å². The van der Waals surface area contributed by atoms with Crippen molar-refractivity contribution in [3.8, 4) is 0 Å². The van der Waals surface area contributed by atoms with E-state index < -0.39 is 0 Å². The van der Waals surface area contributed by atoms with Gasteiger partial charge in [0, 0.05) is 12.1 Å². The molecule has 13 heavy (non-hydrogen) atoms. The molecule has 1 aliphatic heterocycles. The second-order valence-corrected chi connectivity index (χ2v) is 4.64. The third-order valence-electron chi connectivity index (χ3n) is 2.88. The summed E-state index contributed by atoms with van der Waals surface area (Å²) < 4.78 is 5.39. The van der Waals surface area contributed by atoms with E-state index in [0.29, 0.717) is 0 Å². The molecule has 1 fully saturated rings. The van der Waals surface area contributed by atoms with Crippen LogP contribution in [0.4, 0.5) is 0 Å². The Morgan fingerprint density at radius 3 is 2.85 bits per heavy atom. The summed E-state index contributed by atoms with van der Waals surface area (Å²) in [7, 11) is 0. The second kappa shape index (κ2) is 4.97. The Morgan fingerprint density at radius 2 is 2.31 bits per heavy atom. The zero-order chi connectivity index (χ0) is 9.73. The number of nitrogens with one attached hydrogen (secondary N) is 1. The van der Waals surface area contributed by atoms with Gasteiger partial charge in [0.15, 0.2) is 0 Å². The first-order chi connectivity index (χ1) is 6.16. The fraction of sp³-hybridized carbons (Fsp3) is 1.00. The van der Waals surface area contributed by atoms with Crippen molar-refractivity contribution in [1.29, 1.82) is 0 Å². The van der Waals surface area contributed by atoms with Crippen LogP contribution in [0.15, 0.2) is 0 Å². The van der Waals surface area contributed by atoms with E-state index in [1.807, 2.05) is 0 Å². The van der Waals surface area contributed by atoms with Crippen LogP contribution in [0.25, 0.3) is 0 Å². The summed E-state index contributed by atoms with van der Waals surface area (Å²) >= 11 is 0. The standard InChI is InChI=1S/C11H23NO/c1-4-5-10(2)8-12-11(3)6-7-13-9-11/h10,12H,4-9H2,1-3H3. The maximum Gasteiger partial charge on any atom is 0.0646 e. The molecule has 2 atom stereocenters. The van der Waals surface area contributed by atoms with Crippen LogP contribution in [0.2, 0.25) is 0 Å². The quantitative estimate of drug-likeness (QED) is 0.709. The molecule has 0 aromatic rings. The van der Waals surface area contributed by atoms with E-state index >= 15 is 0 Å². The Kier molecular flexibility index (Phi) is 4.20. The zero-order valence-corrected chi connectivity index (χ0v) is 9.23. The van der Waals surface area contributed by atoms with Crippen LogP contribution >= 0.6 is 0 Å². The van der Waals surface area contributed by atoms with Gasteiger partial charge in [0.25, 0.3) is 0 Å². The van der Waals surface area contributed by atoms with Gasteiger partial charge in [-0.15, -0.1) is 0 Å². The molecule has 1 saturated heterocycles. The minimum absolute atomic E-state index is 0.252. The lowest BCUT2D eigenvalue weighted by atomic mass is 9.99. The molecule has 0 saturated carbocycles. The Labute approximate surface area is 82.0 Å². The predicted octanol–water partition coefficient (Wildman–Crippen LogP) is 2.19. The van der Waals surface area contributed by atoms with Gasteiger partial charge in [0.05, 0.1) is 6.61 Å². The minimum atomic E-state index is 0.252. The van der Waals surface area contributed by atoms with Crippen molar-refractivity contribution in [2.45, 2.75) is 45.6 Å². The Hall–Kier alpha value is -0.0800. The molecule has 0 bridgehead atoms. The summed E-state index contributed by atoms with van der Waals surface area (Å²) in [6.07, 6.45) is 3.77. The van der Waals surface area contributed by atoms with Crippen LogP contribution in [0.5, 0.6) is 0 Å². The lowest BCUT2D eigenvalue weighted by molar-refractivity contribution is 0.169. The summed E-state index contributed by atoms with van der Waals surface area (Å²) in [5, 5.41) is 3.62. The van der Waals surface area contributed by atoms with Crippen LogP contribution in [-0.2, 0) is 4.74 Å². The summed E-state index contributed by atoms with van der Waals surface area (Å²) in [6.45, 7) is 9.76. The lowest BCUT2D eigenvalue weighted by Gasteiger charge is -2.25. The highest BCUT2D eigenvalue weighted by molar-refractivity contribution is 4.87. The van der Waals surface area contributed by atoms with Gasteiger partial charge < -0.3 is 10.1 Å². The summed E-state index contributed by atoms with van der Waals surface area (Å²) in [5.41, 5.74) is 0.252. The van der Waals surface area contributed by atoms with Crippen molar-refractivity contribution in [2.24, 2.45) is 5.92 Å². The fourth-order valence-corrected chi connectivity index (χ4v) is 1.82. The van der Waals surface area contributed by atoms with Gasteiger partial charge in [-0.1, -0.05) is 20.3 Å². The van der Waals surface area contributed by atoms with Crippen molar-refractivity contribution >= 4 is 0 Å². The van der Waals surface area contributed by atoms with E-state index in [0.717, 1.165) is 32.1 Å². The number of hydrogen-bond acceptors (Lipinski definition) is 2. The van der Waals surface area contributed by atoms with Crippen molar-refractivity contribution in [3.05, 3.63) is 0 Å². The van der Waals surface area contributed by atoms with Crippen LogP contribution in [0.1, 0.15) is 40.0 Å². The van der Waals surface area contributed by atoms with Gasteiger partial charge in [-0.05, 0) is 32.2 Å². The maximum absolute atomic E-state index is 5.39. The summed E-state index contributed by atoms with van der Waals surface area (Å²) in [4.78, 5) is 0. The maximum atomic E-state index is 5.39. The van der Waals surface area contributed by atoms with E-state index in [2.05, 4.69) is 26.1 Å². The van der Waals surface area contributed by atoms with Gasteiger partial charge in [-0.3, -0.25) is 0 Å². The number of ether oxygens (including phenoxy) is 1. The molecule has 1 aliphatic rings. The predicted molar refractivity (Wildman–Crippen MR) is 55.9 cm³/mol. The molecule has 1 heterocycles. The Morgan fingerprint density at radius 1 is 1.54 bits per heavy atom. The average Bonchev–Trinajstić information content (AvgIpc) is 2.51. The van der Waals surface area contributed by atoms with Gasteiger partial charge in [0.2, 0.25) is 0 Å². The van der Waals surface area contributed by atoms with Crippen molar-refractivity contribution in [1.82, 2.24) is 5.32 Å². The number of rotatable bonds is 5. The topological polar surface area (TPSA) is 21.3 Å². The van der Waals surface area contributed by atoms with Gasteiger partial charge in [-0.25, -0.2) is 0 Å². The van der Waals surface area contributed by atoms with Crippen LogP contribution < -0.4 is 5.32 Å². The molecular weight excluding hydrogens is 162 g/mol. The molecule has 0 aromatic heterocycles. The van der Waals surface area contributed by atoms with Gasteiger partial charge >= 0.3 is 0 Å². The van der Waals surface area contributed by atoms with Gasteiger partial charge in [-0.2, -0.15) is 0 Å². The molecule has 2 heteroatoms. The van der Waals surface area contributed by atoms with E-state index in [4.69, 9.17) is 4.74 Å². The Balaban J connectivity index is 2.17. The molecule has 78 valence electrons. The molecule has 0 radical (unpaired) electrons. The first kappa shape index (κ1) is 11.0. The highest BCUT2D eigenvalue weighted by Crippen LogP contribution is 2.18. The van der Waals surface area contributed by atoms with E-state index in [1.54, 1.807) is 0 Å². The zero-order valence-electron chi connectivity index (χ0n) is 9.23. The van der Waals surface area contributed by atoms with Gasteiger partial charge in [0.1, 0.15) is 0 Å². The number of hydrogen-bond donors (Lipinski definition) is 1.